The van der Waals surface area contributed by atoms with E-state index < -0.39 is 9.84 Å². The minimum atomic E-state index is -3.47. The Morgan fingerprint density at radius 1 is 1.00 bits per heavy atom. The topological polar surface area (TPSA) is 34.1 Å². The van der Waals surface area contributed by atoms with Crippen LogP contribution in [0.4, 0.5) is 0 Å². The summed E-state index contributed by atoms with van der Waals surface area (Å²) in [7, 11) is -3.47. The first kappa shape index (κ1) is 14.0. The van der Waals surface area contributed by atoms with Crippen molar-refractivity contribution in [2.45, 2.75) is 11.8 Å². The van der Waals surface area contributed by atoms with Crippen LogP contribution in [0.3, 0.4) is 0 Å². The van der Waals surface area contributed by atoms with Crippen LogP contribution in [0, 0.1) is 6.92 Å². The summed E-state index contributed by atoms with van der Waals surface area (Å²) in [5.74, 6) is 0. The molecule has 2 aromatic rings. The first-order valence-corrected chi connectivity index (χ1v) is 8.02. The van der Waals surface area contributed by atoms with E-state index in [1.54, 1.807) is 36.4 Å². The van der Waals surface area contributed by atoms with E-state index in [1.165, 1.54) is 0 Å². The van der Waals surface area contributed by atoms with Gasteiger partial charge >= 0.3 is 0 Å². The molecule has 0 amide bonds. The zero-order chi connectivity index (χ0) is 13.9. The molecule has 0 unspecified atom stereocenters. The van der Waals surface area contributed by atoms with E-state index in [2.05, 4.69) is 15.9 Å². The molecule has 2 nitrogen and oxygen atoms in total. The summed E-state index contributed by atoms with van der Waals surface area (Å²) in [4.78, 5) is 0.283. The van der Waals surface area contributed by atoms with Gasteiger partial charge in [0.2, 0.25) is 9.84 Å². The van der Waals surface area contributed by atoms with E-state index in [4.69, 9.17) is 0 Å². The maximum atomic E-state index is 12.3. The van der Waals surface area contributed by atoms with Gasteiger partial charge in [-0.3, -0.25) is 0 Å². The summed E-state index contributed by atoms with van der Waals surface area (Å²) in [5.41, 5.74) is 1.98. The Balaban J connectivity index is 2.38. The smallest absolute Gasteiger partial charge is 0.213 e. The Morgan fingerprint density at radius 2 is 1.58 bits per heavy atom. The van der Waals surface area contributed by atoms with Crippen LogP contribution < -0.4 is 0 Å². The quantitative estimate of drug-likeness (QED) is 0.843. The normalized spacial score (nSPS) is 12.4. The molecule has 2 rings (SSSR count). The molecule has 0 fully saturated rings. The highest BCUT2D eigenvalue weighted by molar-refractivity contribution is 9.13. The van der Waals surface area contributed by atoms with Gasteiger partial charge < -0.3 is 0 Å². The highest BCUT2D eigenvalue weighted by atomic mass is 79.9. The number of hydrogen-bond donors (Lipinski definition) is 0. The molecule has 0 saturated heterocycles. The minimum absolute atomic E-state index is 0.162. The van der Waals surface area contributed by atoms with Crippen LogP contribution in [0.15, 0.2) is 63.3 Å². The molecule has 0 aliphatic heterocycles. The van der Waals surface area contributed by atoms with Crippen molar-refractivity contribution in [2.24, 2.45) is 0 Å². The van der Waals surface area contributed by atoms with Crippen LogP contribution in [0.1, 0.15) is 11.1 Å². The number of halogens is 1. The molecule has 19 heavy (non-hydrogen) atoms. The van der Waals surface area contributed by atoms with Gasteiger partial charge in [0.1, 0.15) is 3.81 Å². The number of aryl methyl sites for hydroxylation is 1. The van der Waals surface area contributed by atoms with E-state index in [-0.39, 0.29) is 8.71 Å². The van der Waals surface area contributed by atoms with Gasteiger partial charge in [0.25, 0.3) is 0 Å². The number of benzene rings is 2. The Hall–Kier alpha value is -1.39. The highest BCUT2D eigenvalue weighted by Gasteiger charge is 2.17. The molecule has 98 valence electrons. The lowest BCUT2D eigenvalue weighted by molar-refractivity contribution is 0.604. The van der Waals surface area contributed by atoms with Gasteiger partial charge in [-0.2, -0.15) is 0 Å². The second-order valence-electron chi connectivity index (χ2n) is 4.18. The van der Waals surface area contributed by atoms with Crippen LogP contribution >= 0.6 is 15.9 Å². The van der Waals surface area contributed by atoms with E-state index in [1.807, 2.05) is 31.2 Å². The maximum Gasteiger partial charge on any atom is 0.213 e. The lowest BCUT2D eigenvalue weighted by Crippen LogP contribution is -1.99. The van der Waals surface area contributed by atoms with Gasteiger partial charge in [0.15, 0.2) is 0 Å². The van der Waals surface area contributed by atoms with Crippen LogP contribution in [0.5, 0.6) is 0 Å². The van der Waals surface area contributed by atoms with E-state index in [0.717, 1.165) is 11.1 Å². The zero-order valence-corrected chi connectivity index (χ0v) is 12.8. The largest absolute Gasteiger partial charge is 0.218 e. The summed E-state index contributed by atoms with van der Waals surface area (Å²) in [5, 5.41) is 0. The fourth-order valence-electron chi connectivity index (χ4n) is 1.58. The van der Waals surface area contributed by atoms with Gasteiger partial charge in [-0.1, -0.05) is 48.0 Å². The zero-order valence-electron chi connectivity index (χ0n) is 10.4. The molecule has 0 heterocycles. The molecule has 0 aliphatic carbocycles. The van der Waals surface area contributed by atoms with E-state index in [9.17, 15) is 8.42 Å². The van der Waals surface area contributed by atoms with Crippen molar-refractivity contribution >= 4 is 31.8 Å². The van der Waals surface area contributed by atoms with Gasteiger partial charge in [-0.15, -0.1) is 0 Å². The Labute approximate surface area is 121 Å². The van der Waals surface area contributed by atoms with Crippen LogP contribution in [0.25, 0.3) is 6.08 Å². The van der Waals surface area contributed by atoms with Crippen LogP contribution in [0.2, 0.25) is 0 Å². The standard InChI is InChI=1S/C15H13BrO2S/c1-12-7-9-13(10-8-12)11-15(16)19(17,18)14-5-3-2-4-6-14/h2-11H,1H3/b15-11+. The molecular formula is C15H13BrO2S. The SMILES string of the molecule is Cc1ccc(/C=C(\Br)S(=O)(=O)c2ccccc2)cc1. The molecule has 0 atom stereocenters. The minimum Gasteiger partial charge on any atom is -0.218 e. The fourth-order valence-corrected chi connectivity index (χ4v) is 3.44. The monoisotopic (exact) mass is 336 g/mol. The van der Waals surface area contributed by atoms with Crippen molar-refractivity contribution in [2.75, 3.05) is 0 Å². The Morgan fingerprint density at radius 3 is 2.16 bits per heavy atom. The van der Waals surface area contributed by atoms with Gasteiger partial charge in [0, 0.05) is 0 Å². The lowest BCUT2D eigenvalue weighted by atomic mass is 10.2. The summed E-state index contributed by atoms with van der Waals surface area (Å²) in [6.07, 6.45) is 1.61. The second-order valence-corrected chi connectivity index (χ2v) is 7.47. The molecule has 0 bridgehead atoms. The third-order valence-corrected chi connectivity index (χ3v) is 5.70. The van der Waals surface area contributed by atoms with Crippen molar-refractivity contribution in [3.63, 3.8) is 0 Å². The van der Waals surface area contributed by atoms with Gasteiger partial charge in [0.05, 0.1) is 4.90 Å². The predicted molar refractivity (Wildman–Crippen MR) is 81.7 cm³/mol. The highest BCUT2D eigenvalue weighted by Crippen LogP contribution is 2.25. The first-order chi connectivity index (χ1) is 9.00. The van der Waals surface area contributed by atoms with Crippen molar-refractivity contribution in [1.82, 2.24) is 0 Å². The van der Waals surface area contributed by atoms with Crippen molar-refractivity contribution in [1.29, 1.82) is 0 Å². The number of rotatable bonds is 3. The first-order valence-electron chi connectivity index (χ1n) is 5.74. The number of sulfone groups is 1. The molecular weight excluding hydrogens is 324 g/mol. The maximum absolute atomic E-state index is 12.3. The molecule has 0 aromatic heterocycles. The van der Waals surface area contributed by atoms with E-state index in [0.29, 0.717) is 0 Å². The summed E-state index contributed by atoms with van der Waals surface area (Å²) in [6, 6.07) is 16.0. The average molecular weight is 337 g/mol. The van der Waals surface area contributed by atoms with Gasteiger partial charge in [-0.25, -0.2) is 8.42 Å². The summed E-state index contributed by atoms with van der Waals surface area (Å²) in [6.45, 7) is 1.99. The summed E-state index contributed by atoms with van der Waals surface area (Å²) >= 11 is 3.16. The van der Waals surface area contributed by atoms with Crippen LogP contribution in [-0.4, -0.2) is 8.42 Å². The third kappa shape index (κ3) is 3.33. The Kier molecular flexibility index (Phi) is 4.22. The van der Waals surface area contributed by atoms with Crippen molar-refractivity contribution in [3.8, 4) is 0 Å². The summed E-state index contributed by atoms with van der Waals surface area (Å²) < 4.78 is 24.7. The molecule has 0 saturated carbocycles. The molecule has 0 N–H and O–H groups in total. The molecule has 2 aromatic carbocycles. The van der Waals surface area contributed by atoms with E-state index >= 15 is 0 Å². The molecule has 4 heteroatoms. The molecule has 0 radical (unpaired) electrons. The number of hydrogen-bond acceptors (Lipinski definition) is 2. The predicted octanol–water partition coefficient (Wildman–Crippen LogP) is 4.16. The fraction of sp³-hybridized carbons (Fsp3) is 0.0667. The molecule has 0 aliphatic rings. The van der Waals surface area contributed by atoms with Crippen molar-refractivity contribution < 1.29 is 8.42 Å². The van der Waals surface area contributed by atoms with Crippen LogP contribution in [-0.2, 0) is 9.84 Å². The molecule has 0 spiro atoms. The van der Waals surface area contributed by atoms with Crippen molar-refractivity contribution in [3.05, 3.63) is 69.5 Å². The average Bonchev–Trinajstić information content (AvgIpc) is 2.42. The lowest BCUT2D eigenvalue weighted by Gasteiger charge is -2.03. The van der Waals surface area contributed by atoms with Gasteiger partial charge in [-0.05, 0) is 46.6 Å². The third-order valence-electron chi connectivity index (χ3n) is 2.67. The Bertz CT molecular complexity index is 687. The second kappa shape index (κ2) is 5.72.